The molecule has 5 nitrogen and oxygen atoms in total. The molecule has 6 heteroatoms. The fraction of sp³-hybridized carbons (Fsp3) is 0.188. The van der Waals surface area contributed by atoms with Crippen molar-refractivity contribution < 1.29 is 13.2 Å². The van der Waals surface area contributed by atoms with E-state index in [9.17, 15) is 8.42 Å². The molecule has 0 heterocycles. The van der Waals surface area contributed by atoms with Crippen molar-refractivity contribution in [2.75, 3.05) is 7.11 Å². The Labute approximate surface area is 130 Å². The molecule has 0 atom stereocenters. The van der Waals surface area contributed by atoms with Gasteiger partial charge in [0.25, 0.3) is 10.0 Å². The normalized spacial score (nSPS) is 12.0. The quantitative estimate of drug-likeness (QED) is 0.681. The summed E-state index contributed by atoms with van der Waals surface area (Å²) in [6.07, 6.45) is 0. The Hall–Kier alpha value is -2.34. The third-order valence-electron chi connectivity index (χ3n) is 3.16. The molecule has 0 amide bonds. The van der Waals surface area contributed by atoms with Crippen LogP contribution in [0.15, 0.2) is 58.5 Å². The third-order valence-corrected chi connectivity index (χ3v) is 4.39. The molecule has 0 saturated carbocycles. The molecule has 0 saturated heterocycles. The molecule has 1 N–H and O–H groups in total. The smallest absolute Gasteiger partial charge is 0.276 e. The molecule has 0 aliphatic heterocycles. The molecule has 116 valence electrons. The van der Waals surface area contributed by atoms with Gasteiger partial charge in [0, 0.05) is 5.56 Å². The van der Waals surface area contributed by atoms with Crippen LogP contribution in [0.5, 0.6) is 5.75 Å². The number of hydrazone groups is 1. The summed E-state index contributed by atoms with van der Waals surface area (Å²) in [4.78, 5) is 2.42. The number of nitrogens with zero attached hydrogens (tertiary/aromatic N) is 1. The van der Waals surface area contributed by atoms with Crippen molar-refractivity contribution >= 4 is 15.7 Å². The average Bonchev–Trinajstić information content (AvgIpc) is 2.53. The molecular weight excluding hydrogens is 300 g/mol. The molecule has 2 aromatic carbocycles. The summed E-state index contributed by atoms with van der Waals surface area (Å²) in [5, 5.41) is 3.97. The summed E-state index contributed by atoms with van der Waals surface area (Å²) in [6, 6.07) is 13.9. The number of sulfonamides is 1. The summed E-state index contributed by atoms with van der Waals surface area (Å²) in [7, 11) is -2.12. The van der Waals surface area contributed by atoms with Gasteiger partial charge in [0.2, 0.25) is 0 Å². The molecule has 0 bridgehead atoms. The summed E-state index contributed by atoms with van der Waals surface area (Å²) < 4.78 is 29.6. The average molecular weight is 318 g/mol. The first-order chi connectivity index (χ1) is 10.4. The molecule has 0 aliphatic carbocycles. The zero-order valence-corrected chi connectivity index (χ0v) is 13.5. The van der Waals surface area contributed by atoms with Crippen molar-refractivity contribution in [2.45, 2.75) is 18.7 Å². The second-order valence-electron chi connectivity index (χ2n) is 4.81. The maximum Gasteiger partial charge on any atom is 0.276 e. The van der Waals surface area contributed by atoms with E-state index in [1.54, 1.807) is 44.4 Å². The van der Waals surface area contributed by atoms with E-state index in [1.807, 2.05) is 25.1 Å². The largest absolute Gasteiger partial charge is 0.496 e. The van der Waals surface area contributed by atoms with E-state index in [0.29, 0.717) is 11.5 Å². The Kier molecular flexibility index (Phi) is 4.82. The Morgan fingerprint density at radius 2 is 1.73 bits per heavy atom. The van der Waals surface area contributed by atoms with E-state index < -0.39 is 10.0 Å². The van der Waals surface area contributed by atoms with Gasteiger partial charge < -0.3 is 4.74 Å². The van der Waals surface area contributed by atoms with Gasteiger partial charge in [-0.05, 0) is 38.1 Å². The van der Waals surface area contributed by atoms with Gasteiger partial charge in [-0.3, -0.25) is 0 Å². The van der Waals surface area contributed by atoms with Crippen LogP contribution in [0.25, 0.3) is 0 Å². The van der Waals surface area contributed by atoms with Crippen LogP contribution >= 0.6 is 0 Å². The number of hydrogen-bond donors (Lipinski definition) is 1. The van der Waals surface area contributed by atoms with Crippen LogP contribution in [0.4, 0.5) is 0 Å². The highest BCUT2D eigenvalue weighted by Crippen LogP contribution is 2.18. The van der Waals surface area contributed by atoms with Crippen molar-refractivity contribution in [1.82, 2.24) is 4.83 Å². The maximum atomic E-state index is 12.2. The van der Waals surface area contributed by atoms with Gasteiger partial charge >= 0.3 is 0 Å². The van der Waals surface area contributed by atoms with Gasteiger partial charge in [-0.1, -0.05) is 29.8 Å². The number of aryl methyl sites for hydroxylation is 1. The number of hydrogen-bond acceptors (Lipinski definition) is 4. The number of benzene rings is 2. The Morgan fingerprint density at radius 3 is 2.36 bits per heavy atom. The van der Waals surface area contributed by atoms with Crippen LogP contribution in [-0.4, -0.2) is 21.2 Å². The second-order valence-corrected chi connectivity index (χ2v) is 6.47. The van der Waals surface area contributed by atoms with Crippen LogP contribution in [0.3, 0.4) is 0 Å². The Balaban J connectivity index is 2.25. The molecule has 2 rings (SSSR count). The van der Waals surface area contributed by atoms with E-state index in [-0.39, 0.29) is 4.90 Å². The first-order valence-electron chi connectivity index (χ1n) is 6.70. The zero-order chi connectivity index (χ0) is 16.2. The second kappa shape index (κ2) is 6.62. The lowest BCUT2D eigenvalue weighted by Crippen LogP contribution is -2.20. The monoisotopic (exact) mass is 318 g/mol. The van der Waals surface area contributed by atoms with Crippen LogP contribution in [0.2, 0.25) is 0 Å². The molecule has 22 heavy (non-hydrogen) atoms. The third kappa shape index (κ3) is 3.65. The van der Waals surface area contributed by atoms with Gasteiger partial charge in [-0.15, -0.1) is 0 Å². The fourth-order valence-corrected chi connectivity index (χ4v) is 2.76. The lowest BCUT2D eigenvalue weighted by Gasteiger charge is -2.09. The number of rotatable bonds is 5. The van der Waals surface area contributed by atoms with E-state index in [4.69, 9.17) is 4.74 Å². The van der Waals surface area contributed by atoms with Gasteiger partial charge in [0.15, 0.2) is 0 Å². The Bertz CT molecular complexity index is 781. The molecule has 0 aliphatic rings. The standard InChI is InChI=1S/C16H18N2O3S/c1-12-8-10-14(11-9-12)22(19,20)18-17-13(2)15-6-4-5-7-16(15)21-3/h4-11,18H,1-3H3. The van der Waals surface area contributed by atoms with Crippen LogP contribution < -0.4 is 9.57 Å². The minimum absolute atomic E-state index is 0.176. The first kappa shape index (κ1) is 16.0. The van der Waals surface area contributed by atoms with E-state index in [0.717, 1.165) is 11.1 Å². The molecule has 0 unspecified atom stereocenters. The summed E-state index contributed by atoms with van der Waals surface area (Å²) >= 11 is 0. The highest BCUT2D eigenvalue weighted by atomic mass is 32.2. The number of nitrogens with one attached hydrogen (secondary N) is 1. The summed E-state index contributed by atoms with van der Waals surface area (Å²) in [6.45, 7) is 3.61. The van der Waals surface area contributed by atoms with Crippen LogP contribution in [0.1, 0.15) is 18.1 Å². The highest BCUT2D eigenvalue weighted by molar-refractivity contribution is 7.89. The summed E-state index contributed by atoms with van der Waals surface area (Å²) in [5.41, 5.74) is 2.25. The van der Waals surface area contributed by atoms with E-state index >= 15 is 0 Å². The molecular formula is C16H18N2O3S. The van der Waals surface area contributed by atoms with Gasteiger partial charge in [-0.2, -0.15) is 18.4 Å². The van der Waals surface area contributed by atoms with Gasteiger partial charge in [-0.25, -0.2) is 0 Å². The molecule has 0 fully saturated rings. The lowest BCUT2D eigenvalue weighted by molar-refractivity contribution is 0.414. The first-order valence-corrected chi connectivity index (χ1v) is 8.18. The SMILES string of the molecule is COc1ccccc1C(C)=NNS(=O)(=O)c1ccc(C)cc1. The predicted molar refractivity (Wildman–Crippen MR) is 86.7 cm³/mol. The van der Waals surface area contributed by atoms with Crippen molar-refractivity contribution in [3.63, 3.8) is 0 Å². The van der Waals surface area contributed by atoms with Crippen molar-refractivity contribution in [2.24, 2.45) is 5.10 Å². The number of para-hydroxylation sites is 1. The fourth-order valence-electron chi connectivity index (χ4n) is 1.90. The molecule has 2 aromatic rings. The maximum absolute atomic E-state index is 12.2. The number of methoxy groups -OCH3 is 1. The van der Waals surface area contributed by atoms with Crippen molar-refractivity contribution in [1.29, 1.82) is 0 Å². The van der Waals surface area contributed by atoms with Gasteiger partial charge in [0.1, 0.15) is 5.75 Å². The Morgan fingerprint density at radius 1 is 1.09 bits per heavy atom. The van der Waals surface area contributed by atoms with Crippen molar-refractivity contribution in [3.05, 3.63) is 59.7 Å². The minimum atomic E-state index is -3.68. The van der Waals surface area contributed by atoms with Crippen LogP contribution in [0, 0.1) is 6.92 Å². The highest BCUT2D eigenvalue weighted by Gasteiger charge is 2.13. The minimum Gasteiger partial charge on any atom is -0.496 e. The predicted octanol–water partition coefficient (Wildman–Crippen LogP) is 2.71. The molecule has 0 spiro atoms. The van der Waals surface area contributed by atoms with Gasteiger partial charge in [0.05, 0.1) is 17.7 Å². The number of ether oxygens (including phenoxy) is 1. The van der Waals surface area contributed by atoms with Crippen molar-refractivity contribution in [3.8, 4) is 5.75 Å². The lowest BCUT2D eigenvalue weighted by atomic mass is 10.1. The van der Waals surface area contributed by atoms with E-state index in [1.165, 1.54) is 0 Å². The van der Waals surface area contributed by atoms with E-state index in [2.05, 4.69) is 9.93 Å². The zero-order valence-electron chi connectivity index (χ0n) is 12.7. The van der Waals surface area contributed by atoms with Crippen LogP contribution in [-0.2, 0) is 10.0 Å². The molecule has 0 radical (unpaired) electrons. The topological polar surface area (TPSA) is 67.8 Å². The summed E-state index contributed by atoms with van der Waals surface area (Å²) in [5.74, 6) is 0.637. The molecule has 0 aromatic heterocycles.